The summed E-state index contributed by atoms with van der Waals surface area (Å²) in [6.07, 6.45) is 0. The number of rotatable bonds is 0. The first kappa shape index (κ1) is 19.0. The molecule has 3 aliphatic rings. The van der Waals surface area contributed by atoms with E-state index in [9.17, 15) is 0 Å². The molecule has 0 radical (unpaired) electrons. The minimum atomic E-state index is -0.764. The topological polar surface area (TPSA) is 83.1 Å². The largest absolute Gasteiger partial charge is 0.377 e. The van der Waals surface area contributed by atoms with Gasteiger partial charge in [0.15, 0.2) is 0 Å². The molecule has 0 aromatic rings. The molecule has 3 heterocycles. The summed E-state index contributed by atoms with van der Waals surface area (Å²) in [5.74, 6) is 0. The van der Waals surface area contributed by atoms with Gasteiger partial charge in [0, 0.05) is 0 Å². The molecule has 136 valence electrons. The van der Waals surface area contributed by atoms with E-state index >= 15 is 0 Å². The highest BCUT2D eigenvalue weighted by atomic mass is 16.9. The molecule has 0 amide bonds. The van der Waals surface area contributed by atoms with Crippen molar-refractivity contribution < 1.29 is 42.6 Å². The van der Waals surface area contributed by atoms with Gasteiger partial charge in [-0.05, 0) is 0 Å². The number of fused-ring (bicyclic) bond motifs is 18. The Balaban J connectivity index is 1.88. The Hall–Kier alpha value is -0.360. The first-order valence-corrected chi connectivity index (χ1v) is 7.88. The monoisotopic (exact) mass is 338 g/mol. The average molecular weight is 338 g/mol. The van der Waals surface area contributed by atoms with Crippen LogP contribution in [0.25, 0.3) is 0 Å². The Morgan fingerprint density at radius 1 is 0.304 bits per heavy atom. The molecule has 0 N–H and O–H groups in total. The quantitative estimate of drug-likeness (QED) is 0.554. The van der Waals surface area contributed by atoms with Gasteiger partial charge in [-0.25, -0.2) is 0 Å². The van der Waals surface area contributed by atoms with Crippen LogP contribution in [0.15, 0.2) is 0 Å². The number of ether oxygens (including phenoxy) is 9. The fourth-order valence-electron chi connectivity index (χ4n) is 1.81. The van der Waals surface area contributed by atoms with Gasteiger partial charge in [0.2, 0.25) is 0 Å². The summed E-state index contributed by atoms with van der Waals surface area (Å²) < 4.78 is 49.1. The van der Waals surface area contributed by atoms with E-state index in [0.717, 1.165) is 0 Å². The average Bonchev–Trinajstić information content (AvgIpc) is 2.55. The minimum Gasteiger partial charge on any atom is -0.377 e. The highest BCUT2D eigenvalue weighted by molar-refractivity contribution is 4.41. The summed E-state index contributed by atoms with van der Waals surface area (Å²) in [7, 11) is 0. The van der Waals surface area contributed by atoms with Crippen molar-refractivity contribution in [1.82, 2.24) is 0 Å². The molecule has 0 atom stereocenters. The van der Waals surface area contributed by atoms with Crippen LogP contribution in [0.2, 0.25) is 0 Å². The maximum Gasteiger partial charge on any atom is 0.271 e. The SMILES string of the molecule is C1COC2OCCOCCOC(OCCO1)OCCOCCO2. The minimum absolute atomic E-state index is 0.350. The molecule has 9 nitrogen and oxygen atoms in total. The summed E-state index contributed by atoms with van der Waals surface area (Å²) in [5, 5.41) is 0. The zero-order valence-electron chi connectivity index (χ0n) is 13.3. The first-order valence-electron chi connectivity index (χ1n) is 7.88. The van der Waals surface area contributed by atoms with E-state index in [2.05, 4.69) is 0 Å². The summed E-state index contributed by atoms with van der Waals surface area (Å²) >= 11 is 0. The van der Waals surface area contributed by atoms with Crippen LogP contribution < -0.4 is 0 Å². The maximum atomic E-state index is 5.49. The van der Waals surface area contributed by atoms with Crippen LogP contribution in [0, 0.1) is 0 Å². The van der Waals surface area contributed by atoms with E-state index in [1.165, 1.54) is 0 Å². The van der Waals surface area contributed by atoms with Crippen LogP contribution in [0.3, 0.4) is 0 Å². The molecule has 0 aromatic heterocycles. The van der Waals surface area contributed by atoms with Crippen molar-refractivity contribution >= 4 is 0 Å². The van der Waals surface area contributed by atoms with Crippen molar-refractivity contribution in [3.63, 3.8) is 0 Å². The van der Waals surface area contributed by atoms with E-state index < -0.39 is 13.0 Å². The Bertz CT molecular complexity index is 212. The summed E-state index contributed by atoms with van der Waals surface area (Å²) in [6, 6.07) is 0. The Labute approximate surface area is 135 Å². The van der Waals surface area contributed by atoms with Crippen molar-refractivity contribution in [1.29, 1.82) is 0 Å². The van der Waals surface area contributed by atoms with Gasteiger partial charge in [-0.2, -0.15) is 0 Å². The molecule has 0 aliphatic carbocycles. The van der Waals surface area contributed by atoms with Crippen molar-refractivity contribution in [2.24, 2.45) is 0 Å². The van der Waals surface area contributed by atoms with Gasteiger partial charge in [-0.15, -0.1) is 0 Å². The molecular formula is C14H26O9. The van der Waals surface area contributed by atoms with E-state index in [1.54, 1.807) is 0 Å². The third-order valence-electron chi connectivity index (χ3n) is 2.89. The molecule has 0 saturated carbocycles. The van der Waals surface area contributed by atoms with Crippen LogP contribution in [0.5, 0.6) is 0 Å². The van der Waals surface area contributed by atoms with Gasteiger partial charge in [-0.1, -0.05) is 0 Å². The number of hydrogen-bond donors (Lipinski definition) is 0. The molecular weight excluding hydrogens is 312 g/mol. The summed E-state index contributed by atoms with van der Waals surface area (Å²) in [6.45, 7) is 3.02. The normalized spacial score (nSPS) is 31.3. The second-order valence-electron chi connectivity index (χ2n) is 4.64. The zero-order chi connectivity index (χ0) is 16.0. The third-order valence-corrected chi connectivity index (χ3v) is 2.89. The second-order valence-corrected chi connectivity index (χ2v) is 4.64. The van der Waals surface area contributed by atoms with Gasteiger partial charge in [0.1, 0.15) is 0 Å². The van der Waals surface area contributed by atoms with Gasteiger partial charge in [-0.3, -0.25) is 0 Å². The predicted molar refractivity (Wildman–Crippen MR) is 75.7 cm³/mol. The van der Waals surface area contributed by atoms with Gasteiger partial charge >= 0.3 is 0 Å². The molecule has 2 bridgehead atoms. The van der Waals surface area contributed by atoms with Crippen molar-refractivity contribution in [2.45, 2.75) is 13.0 Å². The smallest absolute Gasteiger partial charge is 0.271 e. The molecule has 9 heteroatoms. The second kappa shape index (κ2) is 13.0. The van der Waals surface area contributed by atoms with E-state index in [1.807, 2.05) is 0 Å². The van der Waals surface area contributed by atoms with Crippen LogP contribution in [0.4, 0.5) is 0 Å². The Morgan fingerprint density at radius 2 is 0.522 bits per heavy atom. The van der Waals surface area contributed by atoms with Crippen molar-refractivity contribution in [2.75, 3.05) is 79.3 Å². The standard InChI is InChI=1S/C14H26O9/c1-7-18-13-20-9-3-16-5-11-22-14(19-8-2-15-1)23-12-6-17-4-10-21-13/h13-14H,1-12H2. The lowest BCUT2D eigenvalue weighted by molar-refractivity contribution is -0.309. The number of hydrogen-bond acceptors (Lipinski definition) is 9. The molecule has 23 heavy (non-hydrogen) atoms. The van der Waals surface area contributed by atoms with Crippen molar-refractivity contribution in [3.05, 3.63) is 0 Å². The molecule has 3 rings (SSSR count). The van der Waals surface area contributed by atoms with Crippen LogP contribution in [-0.2, 0) is 42.6 Å². The van der Waals surface area contributed by atoms with Crippen LogP contribution >= 0.6 is 0 Å². The summed E-state index contributed by atoms with van der Waals surface area (Å²) in [5.41, 5.74) is 0. The van der Waals surface area contributed by atoms with Gasteiger partial charge in [0.25, 0.3) is 13.0 Å². The highest BCUT2D eigenvalue weighted by Crippen LogP contribution is 2.02. The molecule has 3 aliphatic heterocycles. The van der Waals surface area contributed by atoms with E-state index in [4.69, 9.17) is 42.6 Å². The molecule has 3 saturated heterocycles. The van der Waals surface area contributed by atoms with Crippen LogP contribution in [0.1, 0.15) is 0 Å². The highest BCUT2D eigenvalue weighted by Gasteiger charge is 2.13. The van der Waals surface area contributed by atoms with Crippen molar-refractivity contribution in [3.8, 4) is 0 Å². The molecule has 0 spiro atoms. The molecule has 3 fully saturated rings. The van der Waals surface area contributed by atoms with E-state index in [-0.39, 0.29) is 0 Å². The third kappa shape index (κ3) is 9.50. The summed E-state index contributed by atoms with van der Waals surface area (Å²) in [4.78, 5) is 0. The fourth-order valence-corrected chi connectivity index (χ4v) is 1.81. The molecule has 0 aromatic carbocycles. The zero-order valence-corrected chi connectivity index (χ0v) is 13.3. The Morgan fingerprint density at radius 3 is 0.739 bits per heavy atom. The lowest BCUT2D eigenvalue weighted by Gasteiger charge is -2.22. The first-order chi connectivity index (χ1) is 11.4. The Kier molecular flexibility index (Phi) is 10.7. The van der Waals surface area contributed by atoms with Gasteiger partial charge in [0.05, 0.1) is 79.3 Å². The van der Waals surface area contributed by atoms with E-state index in [0.29, 0.717) is 79.3 Å². The molecule has 0 unspecified atom stereocenters. The lowest BCUT2D eigenvalue weighted by Crippen LogP contribution is -2.30. The van der Waals surface area contributed by atoms with Gasteiger partial charge < -0.3 is 42.6 Å². The maximum absolute atomic E-state index is 5.49. The lowest BCUT2D eigenvalue weighted by atomic mass is 10.7. The fraction of sp³-hybridized carbons (Fsp3) is 1.00. The van der Waals surface area contributed by atoms with Crippen LogP contribution in [-0.4, -0.2) is 92.2 Å². The predicted octanol–water partition coefficient (Wildman–Crippen LogP) is -0.270.